The van der Waals surface area contributed by atoms with Gasteiger partial charge in [0.1, 0.15) is 5.82 Å². The predicted molar refractivity (Wildman–Crippen MR) is 78.5 cm³/mol. The minimum Gasteiger partial charge on any atom is -0.376 e. The molecule has 1 aromatic carbocycles. The third kappa shape index (κ3) is 4.70. The van der Waals surface area contributed by atoms with E-state index in [1.165, 1.54) is 18.2 Å². The third-order valence-electron chi connectivity index (χ3n) is 3.54. The first-order valence-corrected chi connectivity index (χ1v) is 7.25. The zero-order valence-corrected chi connectivity index (χ0v) is 12.2. The van der Waals surface area contributed by atoms with Gasteiger partial charge in [-0.25, -0.2) is 9.18 Å². The Balaban J connectivity index is 1.95. The number of hydrogen-bond donors (Lipinski definition) is 3. The standard InChI is InChI=1S/C15H20FN3O3/c16-12-6-2-1-5-11(12)13(19-15(17)21)8-14(20)18-9-10-4-3-7-22-10/h1-2,5-6,10,13H,3-4,7-9H2,(H,18,20)(H3,17,19,21)/t10-,13-/m0/s1. The van der Waals surface area contributed by atoms with Gasteiger partial charge < -0.3 is 21.1 Å². The monoisotopic (exact) mass is 309 g/mol. The van der Waals surface area contributed by atoms with Crippen LogP contribution in [-0.2, 0) is 9.53 Å². The lowest BCUT2D eigenvalue weighted by molar-refractivity contribution is -0.122. The summed E-state index contributed by atoms with van der Waals surface area (Å²) in [5, 5.41) is 5.14. The number of carbonyl (C=O) groups is 2. The molecule has 1 aliphatic rings. The number of halogens is 1. The molecule has 22 heavy (non-hydrogen) atoms. The Kier molecular flexibility index (Phi) is 5.71. The zero-order valence-electron chi connectivity index (χ0n) is 12.2. The molecule has 1 aliphatic heterocycles. The average molecular weight is 309 g/mol. The molecule has 0 spiro atoms. The van der Waals surface area contributed by atoms with Crippen molar-refractivity contribution in [3.05, 3.63) is 35.6 Å². The first kappa shape index (κ1) is 16.2. The molecule has 1 fully saturated rings. The van der Waals surface area contributed by atoms with Gasteiger partial charge in [-0.15, -0.1) is 0 Å². The van der Waals surface area contributed by atoms with Crippen LogP contribution in [0.5, 0.6) is 0 Å². The molecule has 120 valence electrons. The van der Waals surface area contributed by atoms with Crippen LogP contribution in [0.1, 0.15) is 30.9 Å². The third-order valence-corrected chi connectivity index (χ3v) is 3.54. The summed E-state index contributed by atoms with van der Waals surface area (Å²) >= 11 is 0. The number of rotatable bonds is 6. The van der Waals surface area contributed by atoms with Crippen LogP contribution >= 0.6 is 0 Å². The quantitative estimate of drug-likeness (QED) is 0.737. The maximum absolute atomic E-state index is 13.8. The second-order valence-corrected chi connectivity index (χ2v) is 5.23. The fraction of sp³-hybridized carbons (Fsp3) is 0.467. The minimum atomic E-state index is -0.805. The van der Waals surface area contributed by atoms with E-state index in [9.17, 15) is 14.0 Å². The molecule has 2 atom stereocenters. The molecule has 3 amide bonds. The van der Waals surface area contributed by atoms with Crippen LogP contribution in [0.25, 0.3) is 0 Å². The Hall–Kier alpha value is -2.15. The Labute approximate surface area is 128 Å². The van der Waals surface area contributed by atoms with Gasteiger partial charge >= 0.3 is 6.03 Å². The lowest BCUT2D eigenvalue weighted by Gasteiger charge is -2.19. The number of benzene rings is 1. The van der Waals surface area contributed by atoms with Crippen molar-refractivity contribution < 1.29 is 18.7 Å². The summed E-state index contributed by atoms with van der Waals surface area (Å²) in [6, 6.07) is 4.36. The Morgan fingerprint density at radius 2 is 2.18 bits per heavy atom. The maximum Gasteiger partial charge on any atom is 0.312 e. The van der Waals surface area contributed by atoms with E-state index < -0.39 is 17.9 Å². The van der Waals surface area contributed by atoms with Gasteiger partial charge in [-0.05, 0) is 18.9 Å². The van der Waals surface area contributed by atoms with Crippen molar-refractivity contribution in [1.82, 2.24) is 10.6 Å². The van der Waals surface area contributed by atoms with Crippen LogP contribution in [0.15, 0.2) is 24.3 Å². The van der Waals surface area contributed by atoms with E-state index in [-0.39, 0.29) is 24.0 Å². The van der Waals surface area contributed by atoms with Crippen LogP contribution < -0.4 is 16.4 Å². The van der Waals surface area contributed by atoms with Crippen molar-refractivity contribution in [2.24, 2.45) is 5.73 Å². The van der Waals surface area contributed by atoms with Gasteiger partial charge in [0.05, 0.1) is 18.6 Å². The highest BCUT2D eigenvalue weighted by Gasteiger charge is 2.22. The van der Waals surface area contributed by atoms with E-state index in [2.05, 4.69) is 10.6 Å². The molecule has 1 heterocycles. The van der Waals surface area contributed by atoms with E-state index in [1.54, 1.807) is 6.07 Å². The topological polar surface area (TPSA) is 93.5 Å². The highest BCUT2D eigenvalue weighted by Crippen LogP contribution is 2.20. The Morgan fingerprint density at radius 1 is 1.41 bits per heavy atom. The van der Waals surface area contributed by atoms with Crippen LogP contribution in [0.3, 0.4) is 0 Å². The molecule has 0 bridgehead atoms. The van der Waals surface area contributed by atoms with Crippen molar-refractivity contribution in [2.45, 2.75) is 31.4 Å². The number of carbonyl (C=O) groups excluding carboxylic acids is 2. The SMILES string of the molecule is NC(=O)N[C@@H](CC(=O)NC[C@@H]1CCCO1)c1ccccc1F. The fourth-order valence-electron chi connectivity index (χ4n) is 2.46. The minimum absolute atomic E-state index is 0.0277. The molecule has 0 unspecified atom stereocenters. The average Bonchev–Trinajstić information content (AvgIpc) is 2.98. The van der Waals surface area contributed by atoms with Crippen molar-refractivity contribution in [3.8, 4) is 0 Å². The molecule has 0 aliphatic carbocycles. The van der Waals surface area contributed by atoms with Crippen molar-refractivity contribution in [1.29, 1.82) is 0 Å². The van der Waals surface area contributed by atoms with Crippen LogP contribution in [0.4, 0.5) is 9.18 Å². The van der Waals surface area contributed by atoms with E-state index in [4.69, 9.17) is 10.5 Å². The summed E-state index contributed by atoms with van der Waals surface area (Å²) in [6.45, 7) is 1.13. The first-order chi connectivity index (χ1) is 10.6. The number of primary amides is 1. The number of nitrogens with two attached hydrogens (primary N) is 1. The van der Waals surface area contributed by atoms with Gasteiger partial charge in [-0.1, -0.05) is 18.2 Å². The first-order valence-electron chi connectivity index (χ1n) is 7.25. The zero-order chi connectivity index (χ0) is 15.9. The lowest BCUT2D eigenvalue weighted by Crippen LogP contribution is -2.38. The van der Waals surface area contributed by atoms with Gasteiger partial charge in [0.2, 0.25) is 5.91 Å². The van der Waals surface area contributed by atoms with E-state index in [1.807, 2.05) is 0 Å². The molecule has 1 saturated heterocycles. The maximum atomic E-state index is 13.8. The van der Waals surface area contributed by atoms with Crippen molar-refractivity contribution in [2.75, 3.05) is 13.2 Å². The lowest BCUT2D eigenvalue weighted by atomic mass is 10.0. The number of nitrogens with one attached hydrogen (secondary N) is 2. The molecule has 6 nitrogen and oxygen atoms in total. The normalized spacial score (nSPS) is 18.7. The molecule has 0 saturated carbocycles. The van der Waals surface area contributed by atoms with Crippen molar-refractivity contribution in [3.63, 3.8) is 0 Å². The Bertz CT molecular complexity index is 533. The van der Waals surface area contributed by atoms with Gasteiger partial charge in [0, 0.05) is 18.7 Å². The highest BCUT2D eigenvalue weighted by atomic mass is 19.1. The summed E-state index contributed by atoms with van der Waals surface area (Å²) in [5.41, 5.74) is 5.34. The highest BCUT2D eigenvalue weighted by molar-refractivity contribution is 5.78. The molecule has 1 aromatic rings. The largest absolute Gasteiger partial charge is 0.376 e. The number of hydrogen-bond acceptors (Lipinski definition) is 3. The fourth-order valence-corrected chi connectivity index (χ4v) is 2.46. The molecular formula is C15H20FN3O3. The number of ether oxygens (including phenoxy) is 1. The Morgan fingerprint density at radius 3 is 2.82 bits per heavy atom. The number of amides is 3. The predicted octanol–water partition coefficient (Wildman–Crippen LogP) is 1.22. The van der Waals surface area contributed by atoms with Gasteiger partial charge in [0.15, 0.2) is 0 Å². The van der Waals surface area contributed by atoms with Crippen LogP contribution in [0, 0.1) is 5.82 Å². The van der Waals surface area contributed by atoms with E-state index >= 15 is 0 Å². The van der Waals surface area contributed by atoms with E-state index in [0.29, 0.717) is 13.2 Å². The summed E-state index contributed by atoms with van der Waals surface area (Å²) in [5.74, 6) is -0.786. The van der Waals surface area contributed by atoms with Crippen molar-refractivity contribution >= 4 is 11.9 Å². The molecule has 2 rings (SSSR count). The summed E-state index contributed by atoms with van der Waals surface area (Å²) in [4.78, 5) is 23.1. The molecular weight excluding hydrogens is 289 g/mol. The molecule has 4 N–H and O–H groups in total. The van der Waals surface area contributed by atoms with Gasteiger partial charge in [-0.2, -0.15) is 0 Å². The smallest absolute Gasteiger partial charge is 0.312 e. The summed E-state index contributed by atoms with van der Waals surface area (Å²) in [7, 11) is 0. The molecule has 7 heteroatoms. The molecule has 0 radical (unpaired) electrons. The summed E-state index contributed by atoms with van der Waals surface area (Å²) < 4.78 is 19.2. The van der Waals surface area contributed by atoms with Gasteiger partial charge in [0.25, 0.3) is 0 Å². The van der Waals surface area contributed by atoms with Crippen LogP contribution in [-0.4, -0.2) is 31.2 Å². The number of urea groups is 1. The van der Waals surface area contributed by atoms with E-state index in [0.717, 1.165) is 12.8 Å². The van der Waals surface area contributed by atoms with Crippen LogP contribution in [0.2, 0.25) is 0 Å². The second-order valence-electron chi connectivity index (χ2n) is 5.23. The molecule has 0 aromatic heterocycles. The summed E-state index contributed by atoms with van der Waals surface area (Å²) in [6.07, 6.45) is 1.84. The second kappa shape index (κ2) is 7.74. The van der Waals surface area contributed by atoms with Gasteiger partial charge in [-0.3, -0.25) is 4.79 Å².